The predicted octanol–water partition coefficient (Wildman–Crippen LogP) is 13.3. The molecule has 0 heteroatoms. The predicted molar refractivity (Wildman–Crippen MR) is 202 cm³/mol. The van der Waals surface area contributed by atoms with Gasteiger partial charge in [-0.25, -0.2) is 0 Å². The van der Waals surface area contributed by atoms with Crippen molar-refractivity contribution >= 4 is 10.8 Å². The normalized spacial score (nSPS) is 11.3. The van der Waals surface area contributed by atoms with Gasteiger partial charge in [0.05, 0.1) is 0 Å². The maximum Gasteiger partial charge on any atom is -0.00140 e. The van der Waals surface area contributed by atoms with Gasteiger partial charge in [0.15, 0.2) is 0 Å². The largest absolute Gasteiger partial charge is 0.0651 e. The van der Waals surface area contributed by atoms with Crippen LogP contribution in [0.5, 0.6) is 0 Å². The first kappa shape index (κ1) is 31.6. The smallest absolute Gasteiger partial charge is 0.00140 e. The van der Waals surface area contributed by atoms with E-state index >= 15 is 0 Å². The van der Waals surface area contributed by atoms with Crippen LogP contribution in [0.2, 0.25) is 0 Å². The first-order valence-corrected chi connectivity index (χ1v) is 17.6. The molecule has 0 aliphatic rings. The van der Waals surface area contributed by atoms with Crippen molar-refractivity contribution in [3.05, 3.63) is 144 Å². The van der Waals surface area contributed by atoms with Crippen molar-refractivity contribution in [2.75, 3.05) is 0 Å². The summed E-state index contributed by atoms with van der Waals surface area (Å²) in [5, 5.41) is 2.97. The van der Waals surface area contributed by atoms with E-state index in [2.05, 4.69) is 149 Å². The number of rotatable bonds is 12. The van der Waals surface area contributed by atoms with Gasteiger partial charge in [0, 0.05) is 0 Å². The molecular formula is C46H48. The second-order valence-corrected chi connectivity index (χ2v) is 12.6. The van der Waals surface area contributed by atoms with Crippen molar-refractivity contribution in [3.8, 4) is 44.5 Å². The Balaban J connectivity index is 2.03. The van der Waals surface area contributed by atoms with Gasteiger partial charge in [0.25, 0.3) is 0 Å². The number of hydrogen-bond donors (Lipinski definition) is 0. The van der Waals surface area contributed by atoms with Crippen molar-refractivity contribution in [2.24, 2.45) is 0 Å². The summed E-state index contributed by atoms with van der Waals surface area (Å²) < 4.78 is 0. The second-order valence-electron chi connectivity index (χ2n) is 12.6. The second kappa shape index (κ2) is 14.8. The van der Waals surface area contributed by atoms with Gasteiger partial charge in [-0.1, -0.05) is 175 Å². The van der Waals surface area contributed by atoms with Gasteiger partial charge in [0.2, 0.25) is 0 Å². The summed E-state index contributed by atoms with van der Waals surface area (Å²) in [7, 11) is 0. The highest BCUT2D eigenvalue weighted by Gasteiger charge is 2.29. The van der Waals surface area contributed by atoms with Crippen LogP contribution in [0.15, 0.2) is 121 Å². The lowest BCUT2D eigenvalue weighted by molar-refractivity contribution is 0.810. The third-order valence-electron chi connectivity index (χ3n) is 9.45. The van der Waals surface area contributed by atoms with Gasteiger partial charge in [-0.2, -0.15) is 0 Å². The van der Waals surface area contributed by atoms with Crippen molar-refractivity contribution in [1.29, 1.82) is 0 Å². The summed E-state index contributed by atoms with van der Waals surface area (Å²) in [6, 6.07) is 44.9. The van der Waals surface area contributed by atoms with E-state index in [4.69, 9.17) is 0 Å². The first-order chi connectivity index (χ1) is 22.7. The maximum atomic E-state index is 2.36. The fourth-order valence-corrected chi connectivity index (χ4v) is 7.75. The zero-order valence-electron chi connectivity index (χ0n) is 28.2. The Bertz CT molecular complexity index is 1740. The molecule has 0 aliphatic carbocycles. The Hall–Kier alpha value is -4.42. The van der Waals surface area contributed by atoms with Crippen LogP contribution in [0.25, 0.3) is 55.3 Å². The maximum absolute atomic E-state index is 2.36. The molecule has 0 unspecified atom stereocenters. The molecule has 0 spiro atoms. The lowest BCUT2D eigenvalue weighted by atomic mass is 9.73. The highest BCUT2D eigenvalue weighted by Crippen LogP contribution is 2.54. The van der Waals surface area contributed by atoms with Gasteiger partial charge < -0.3 is 0 Å². The van der Waals surface area contributed by atoms with E-state index in [0.717, 1.165) is 51.4 Å². The van der Waals surface area contributed by atoms with Gasteiger partial charge in [-0.15, -0.1) is 0 Å². The van der Waals surface area contributed by atoms with E-state index in [1.165, 1.54) is 55.3 Å². The Morgan fingerprint density at radius 3 is 0.783 bits per heavy atom. The summed E-state index contributed by atoms with van der Waals surface area (Å²) in [6.07, 6.45) is 9.00. The summed E-state index contributed by atoms with van der Waals surface area (Å²) in [4.78, 5) is 0. The molecule has 0 N–H and O–H groups in total. The topological polar surface area (TPSA) is 0 Å². The number of benzene rings is 6. The van der Waals surface area contributed by atoms with E-state index in [1.807, 2.05) is 0 Å². The molecule has 0 aromatic heterocycles. The van der Waals surface area contributed by atoms with E-state index in [1.54, 1.807) is 22.3 Å². The Labute approximate surface area is 277 Å². The highest BCUT2D eigenvalue weighted by atomic mass is 14.3. The zero-order valence-corrected chi connectivity index (χ0v) is 28.2. The van der Waals surface area contributed by atoms with Gasteiger partial charge in [-0.3, -0.25) is 0 Å². The lowest BCUT2D eigenvalue weighted by Gasteiger charge is -2.30. The van der Waals surface area contributed by atoms with Crippen molar-refractivity contribution in [2.45, 2.75) is 79.1 Å². The molecular weight excluding hydrogens is 553 g/mol. The number of aryl methyl sites for hydroxylation is 2. The Morgan fingerprint density at radius 1 is 0.283 bits per heavy atom. The molecule has 0 saturated carbocycles. The van der Waals surface area contributed by atoms with E-state index in [-0.39, 0.29) is 0 Å². The van der Waals surface area contributed by atoms with Crippen LogP contribution in [0.1, 0.15) is 75.6 Å². The zero-order chi connectivity index (χ0) is 31.9. The molecule has 0 heterocycles. The van der Waals surface area contributed by atoms with Crippen LogP contribution in [0.4, 0.5) is 0 Å². The molecule has 6 rings (SSSR count). The van der Waals surface area contributed by atoms with Crippen LogP contribution in [0, 0.1) is 0 Å². The third-order valence-corrected chi connectivity index (χ3v) is 9.45. The fraction of sp³-hybridized carbons (Fsp3) is 0.261. The van der Waals surface area contributed by atoms with E-state index in [0.29, 0.717) is 0 Å². The summed E-state index contributed by atoms with van der Waals surface area (Å²) >= 11 is 0. The monoisotopic (exact) mass is 600 g/mol. The standard InChI is InChI=1S/C46H48/c1-5-21-37-38(22-6-2)40(24-8-4)46-44(36-31-19-12-20-32-36)42(34-27-15-10-16-28-34)41(33-25-13-9-14-26-33)43(35-29-17-11-18-30-35)45(46)39(37)23-7-3/h9-20,25-32H,5-8,21-24H2,1-4H3. The third kappa shape index (κ3) is 5.94. The van der Waals surface area contributed by atoms with Gasteiger partial charge in [-0.05, 0) is 103 Å². The number of hydrogen-bond acceptors (Lipinski definition) is 0. The SMILES string of the molecule is CCCc1c(CCC)c(CCC)c2c(-c3ccccc3)c(-c3ccccc3)c(-c3ccccc3)c(-c3ccccc3)c2c1CCC. The van der Waals surface area contributed by atoms with Crippen molar-refractivity contribution in [3.63, 3.8) is 0 Å². The molecule has 0 nitrogen and oxygen atoms in total. The van der Waals surface area contributed by atoms with Crippen LogP contribution >= 0.6 is 0 Å². The molecule has 0 amide bonds. The minimum absolute atomic E-state index is 1.09. The first-order valence-electron chi connectivity index (χ1n) is 17.6. The minimum Gasteiger partial charge on any atom is -0.0651 e. The molecule has 46 heavy (non-hydrogen) atoms. The Kier molecular flexibility index (Phi) is 10.1. The van der Waals surface area contributed by atoms with Crippen LogP contribution in [-0.2, 0) is 25.7 Å². The molecule has 0 saturated heterocycles. The summed E-state index contributed by atoms with van der Waals surface area (Å²) in [5.74, 6) is 0. The molecule has 0 atom stereocenters. The van der Waals surface area contributed by atoms with Crippen LogP contribution in [0.3, 0.4) is 0 Å². The van der Waals surface area contributed by atoms with E-state index < -0.39 is 0 Å². The molecule has 6 aromatic carbocycles. The van der Waals surface area contributed by atoms with Crippen LogP contribution in [-0.4, -0.2) is 0 Å². The minimum atomic E-state index is 1.09. The van der Waals surface area contributed by atoms with Gasteiger partial charge >= 0.3 is 0 Å². The van der Waals surface area contributed by atoms with Crippen LogP contribution < -0.4 is 0 Å². The molecule has 0 radical (unpaired) electrons. The molecule has 0 bridgehead atoms. The average Bonchev–Trinajstić information content (AvgIpc) is 3.11. The quantitative estimate of drug-likeness (QED) is 0.131. The highest BCUT2D eigenvalue weighted by molar-refractivity contribution is 6.20. The van der Waals surface area contributed by atoms with Gasteiger partial charge in [0.1, 0.15) is 0 Å². The lowest BCUT2D eigenvalue weighted by Crippen LogP contribution is -2.10. The molecule has 0 aliphatic heterocycles. The summed E-state index contributed by atoms with van der Waals surface area (Å²) in [6.45, 7) is 9.43. The number of fused-ring (bicyclic) bond motifs is 1. The Morgan fingerprint density at radius 2 is 0.522 bits per heavy atom. The molecule has 0 fully saturated rings. The van der Waals surface area contributed by atoms with Crippen molar-refractivity contribution in [1.82, 2.24) is 0 Å². The molecule has 6 aromatic rings. The molecule has 232 valence electrons. The van der Waals surface area contributed by atoms with E-state index in [9.17, 15) is 0 Å². The van der Waals surface area contributed by atoms with Crippen molar-refractivity contribution < 1.29 is 0 Å². The average molecular weight is 601 g/mol. The fourth-order valence-electron chi connectivity index (χ4n) is 7.75. The summed E-state index contributed by atoms with van der Waals surface area (Å²) in [5.41, 5.74) is 17.0.